The number of rotatable bonds is 8. The Morgan fingerprint density at radius 3 is 2.41 bits per heavy atom. The number of aromatic nitrogens is 2. The molecule has 0 saturated heterocycles. The number of aromatic amines is 1. The van der Waals surface area contributed by atoms with E-state index in [-0.39, 0.29) is 17.9 Å². The average molecular weight is 372 g/mol. The third-order valence-corrected chi connectivity index (χ3v) is 4.48. The molecule has 0 spiro atoms. The van der Waals surface area contributed by atoms with Gasteiger partial charge in [-0.3, -0.25) is 24.0 Å². The highest BCUT2D eigenvalue weighted by atomic mass is 16.2. The zero-order valence-electron chi connectivity index (χ0n) is 16.4. The Balaban J connectivity index is 2.15. The van der Waals surface area contributed by atoms with Crippen LogP contribution in [0.4, 0.5) is 5.82 Å². The summed E-state index contributed by atoms with van der Waals surface area (Å²) in [5.41, 5.74) is 6.82. The van der Waals surface area contributed by atoms with E-state index >= 15 is 0 Å². The number of carbonyl (C=O) groups is 1. The normalized spacial score (nSPS) is 11.3. The fourth-order valence-corrected chi connectivity index (χ4v) is 3.00. The summed E-state index contributed by atoms with van der Waals surface area (Å²) in [6, 6.07) is 8.25. The lowest BCUT2D eigenvalue weighted by molar-refractivity contribution is 0.0941. The van der Waals surface area contributed by atoms with Gasteiger partial charge in [0.05, 0.1) is 6.54 Å². The summed E-state index contributed by atoms with van der Waals surface area (Å²) < 4.78 is 1.24. The molecule has 0 amide bonds. The van der Waals surface area contributed by atoms with E-state index in [1.54, 1.807) is 7.05 Å². The minimum absolute atomic E-state index is 0.0313. The van der Waals surface area contributed by atoms with Gasteiger partial charge < -0.3 is 5.73 Å². The second-order valence-electron chi connectivity index (χ2n) is 7.16. The van der Waals surface area contributed by atoms with Crippen molar-refractivity contribution in [3.05, 3.63) is 61.8 Å². The molecular weight excluding hydrogens is 344 g/mol. The standard InChI is InChI=1S/C20H28N4O3/c1-5-10-24-18(21)17(19(26)22-20(24)27)16(25)12-23(4)11-14-6-8-15(9-7-14)13(2)3/h6-9,13H,5,10-12,21H2,1-4H3,(H,22,26,27). The van der Waals surface area contributed by atoms with Crippen LogP contribution < -0.4 is 17.0 Å². The molecule has 0 aliphatic carbocycles. The highest BCUT2D eigenvalue weighted by Crippen LogP contribution is 2.15. The molecule has 0 aliphatic rings. The van der Waals surface area contributed by atoms with Crippen molar-refractivity contribution in [3.8, 4) is 0 Å². The molecule has 2 aromatic rings. The highest BCUT2D eigenvalue weighted by molar-refractivity contribution is 6.01. The fraction of sp³-hybridized carbons (Fsp3) is 0.450. The van der Waals surface area contributed by atoms with Gasteiger partial charge in [0, 0.05) is 13.1 Å². The number of Topliss-reactive ketones (excluding diaryl/α,β-unsaturated/α-hetero) is 1. The second-order valence-corrected chi connectivity index (χ2v) is 7.16. The first-order valence-corrected chi connectivity index (χ1v) is 9.17. The average Bonchev–Trinajstić information content (AvgIpc) is 2.58. The number of anilines is 1. The van der Waals surface area contributed by atoms with Crippen LogP contribution in [0, 0.1) is 0 Å². The number of H-pyrrole nitrogens is 1. The highest BCUT2D eigenvalue weighted by Gasteiger charge is 2.20. The number of carbonyl (C=O) groups excluding carboxylic acids is 1. The molecule has 0 bridgehead atoms. The lowest BCUT2D eigenvalue weighted by Crippen LogP contribution is -2.38. The van der Waals surface area contributed by atoms with Crippen LogP contribution in [0.3, 0.4) is 0 Å². The molecule has 7 heteroatoms. The molecule has 0 atom stereocenters. The maximum Gasteiger partial charge on any atom is 0.329 e. The minimum Gasteiger partial charge on any atom is -0.384 e. The fourth-order valence-electron chi connectivity index (χ4n) is 3.00. The van der Waals surface area contributed by atoms with Crippen LogP contribution in [0.25, 0.3) is 0 Å². The van der Waals surface area contributed by atoms with Gasteiger partial charge in [0.1, 0.15) is 11.4 Å². The van der Waals surface area contributed by atoms with E-state index in [1.165, 1.54) is 10.1 Å². The summed E-state index contributed by atoms with van der Waals surface area (Å²) >= 11 is 0. The van der Waals surface area contributed by atoms with Crippen LogP contribution in [0.1, 0.15) is 54.6 Å². The van der Waals surface area contributed by atoms with Gasteiger partial charge in [-0.2, -0.15) is 0 Å². The number of nitrogens with two attached hydrogens (primary N) is 1. The number of hydrogen-bond acceptors (Lipinski definition) is 5. The molecular formula is C20H28N4O3. The second kappa shape index (κ2) is 8.81. The number of likely N-dealkylation sites (N-methyl/N-ethyl adjacent to an activating group) is 1. The molecule has 0 unspecified atom stereocenters. The number of nitrogens with zero attached hydrogens (tertiary/aromatic N) is 2. The molecule has 3 N–H and O–H groups in total. The number of nitrogen functional groups attached to an aromatic ring is 1. The van der Waals surface area contributed by atoms with Crippen LogP contribution in [0.15, 0.2) is 33.9 Å². The predicted molar refractivity (Wildman–Crippen MR) is 107 cm³/mol. The molecule has 7 nitrogen and oxygen atoms in total. The van der Waals surface area contributed by atoms with Crippen LogP contribution in [0.5, 0.6) is 0 Å². The van der Waals surface area contributed by atoms with Gasteiger partial charge >= 0.3 is 5.69 Å². The lowest BCUT2D eigenvalue weighted by atomic mass is 10.0. The Kier molecular flexibility index (Phi) is 6.74. The van der Waals surface area contributed by atoms with Crippen molar-refractivity contribution in [1.29, 1.82) is 0 Å². The van der Waals surface area contributed by atoms with Gasteiger partial charge in [-0.15, -0.1) is 0 Å². The molecule has 1 heterocycles. The molecule has 1 aromatic heterocycles. The van der Waals surface area contributed by atoms with E-state index in [1.807, 2.05) is 24.0 Å². The summed E-state index contributed by atoms with van der Waals surface area (Å²) in [5.74, 6) is -0.00273. The minimum atomic E-state index is -0.732. The summed E-state index contributed by atoms with van der Waals surface area (Å²) in [5, 5.41) is 0. The maximum atomic E-state index is 12.6. The van der Waals surface area contributed by atoms with Gasteiger partial charge in [0.15, 0.2) is 5.78 Å². The summed E-state index contributed by atoms with van der Waals surface area (Å²) in [6.07, 6.45) is 0.663. The molecule has 1 aromatic carbocycles. The van der Waals surface area contributed by atoms with Crippen molar-refractivity contribution < 1.29 is 4.79 Å². The van der Waals surface area contributed by atoms with Crippen molar-refractivity contribution >= 4 is 11.6 Å². The van der Waals surface area contributed by atoms with E-state index in [0.29, 0.717) is 25.4 Å². The van der Waals surface area contributed by atoms with E-state index < -0.39 is 17.0 Å². The third kappa shape index (κ3) is 4.95. The lowest BCUT2D eigenvalue weighted by Gasteiger charge is -2.17. The number of benzene rings is 1. The molecule has 0 radical (unpaired) electrons. The van der Waals surface area contributed by atoms with Crippen LogP contribution in [-0.2, 0) is 13.1 Å². The van der Waals surface area contributed by atoms with Gasteiger partial charge in [-0.1, -0.05) is 45.0 Å². The SMILES string of the molecule is CCCn1c(N)c(C(=O)CN(C)Cc2ccc(C(C)C)cc2)c(=O)[nH]c1=O. The van der Waals surface area contributed by atoms with Crippen molar-refractivity contribution in [3.63, 3.8) is 0 Å². The maximum absolute atomic E-state index is 12.6. The zero-order valence-corrected chi connectivity index (χ0v) is 16.4. The van der Waals surface area contributed by atoms with Gasteiger partial charge in [-0.25, -0.2) is 4.79 Å². The van der Waals surface area contributed by atoms with Crippen LogP contribution in [-0.4, -0.2) is 33.8 Å². The summed E-state index contributed by atoms with van der Waals surface area (Å²) in [6.45, 7) is 7.11. The van der Waals surface area contributed by atoms with Crippen molar-refractivity contribution in [2.75, 3.05) is 19.3 Å². The molecule has 2 rings (SSSR count). The number of hydrogen-bond donors (Lipinski definition) is 2. The Hall–Kier alpha value is -2.67. The Bertz CT molecular complexity index is 910. The first-order chi connectivity index (χ1) is 12.7. The van der Waals surface area contributed by atoms with Crippen LogP contribution >= 0.6 is 0 Å². The molecule has 0 saturated carbocycles. The summed E-state index contributed by atoms with van der Waals surface area (Å²) in [4.78, 5) is 40.6. The number of nitrogens with one attached hydrogen (secondary N) is 1. The Morgan fingerprint density at radius 1 is 1.22 bits per heavy atom. The zero-order chi connectivity index (χ0) is 20.1. The Labute approximate surface area is 158 Å². The van der Waals surface area contributed by atoms with Crippen molar-refractivity contribution in [2.45, 2.75) is 46.2 Å². The van der Waals surface area contributed by atoms with E-state index in [0.717, 1.165) is 5.56 Å². The van der Waals surface area contributed by atoms with E-state index in [4.69, 9.17) is 5.73 Å². The number of ketones is 1. The van der Waals surface area contributed by atoms with Gasteiger partial charge in [-0.05, 0) is 30.5 Å². The monoisotopic (exact) mass is 372 g/mol. The topological polar surface area (TPSA) is 101 Å². The molecule has 27 heavy (non-hydrogen) atoms. The van der Waals surface area contributed by atoms with Crippen LogP contribution in [0.2, 0.25) is 0 Å². The summed E-state index contributed by atoms with van der Waals surface area (Å²) in [7, 11) is 1.81. The Morgan fingerprint density at radius 2 is 1.85 bits per heavy atom. The molecule has 0 fully saturated rings. The molecule has 0 aliphatic heterocycles. The first kappa shape index (κ1) is 20.6. The first-order valence-electron chi connectivity index (χ1n) is 9.17. The smallest absolute Gasteiger partial charge is 0.329 e. The van der Waals surface area contributed by atoms with E-state index in [2.05, 4.69) is 31.0 Å². The quantitative estimate of drug-likeness (QED) is 0.690. The van der Waals surface area contributed by atoms with Gasteiger partial charge in [0.2, 0.25) is 0 Å². The predicted octanol–water partition coefficient (Wildman–Crippen LogP) is 1.97. The van der Waals surface area contributed by atoms with E-state index in [9.17, 15) is 14.4 Å². The van der Waals surface area contributed by atoms with Gasteiger partial charge in [0.25, 0.3) is 5.56 Å². The van der Waals surface area contributed by atoms with Crippen molar-refractivity contribution in [2.24, 2.45) is 0 Å². The third-order valence-electron chi connectivity index (χ3n) is 4.48. The van der Waals surface area contributed by atoms with Crippen molar-refractivity contribution in [1.82, 2.24) is 14.5 Å². The largest absolute Gasteiger partial charge is 0.384 e. The molecule has 146 valence electrons.